The smallest absolute Gasteiger partial charge is 0.260 e. The summed E-state index contributed by atoms with van der Waals surface area (Å²) in [6.07, 6.45) is 2.32. The number of hydrogen-bond donors (Lipinski definition) is 1. The van der Waals surface area contributed by atoms with E-state index in [1.807, 2.05) is 56.3 Å². The molecule has 1 aliphatic heterocycles. The topological polar surface area (TPSA) is 67.9 Å². The molecule has 1 fully saturated rings. The number of aryl methyl sites for hydroxylation is 3. The molecule has 0 radical (unpaired) electrons. The third-order valence-electron chi connectivity index (χ3n) is 5.61. The molecule has 2 aromatic carbocycles. The van der Waals surface area contributed by atoms with Crippen LogP contribution in [0.4, 0.5) is 0 Å². The normalized spacial score (nSPS) is 14.2. The molecule has 0 aliphatic carbocycles. The lowest BCUT2D eigenvalue weighted by Crippen LogP contribution is -2.48. The lowest BCUT2D eigenvalue weighted by atomic mass is 10.0. The van der Waals surface area contributed by atoms with Crippen molar-refractivity contribution < 1.29 is 19.1 Å². The Bertz CT molecular complexity index is 904. The van der Waals surface area contributed by atoms with Gasteiger partial charge in [0.05, 0.1) is 0 Å². The molecule has 0 spiro atoms. The van der Waals surface area contributed by atoms with Crippen LogP contribution >= 0.6 is 0 Å². The number of nitrogens with one attached hydrogen (secondary N) is 1. The van der Waals surface area contributed by atoms with Gasteiger partial charge in [-0.3, -0.25) is 9.59 Å². The summed E-state index contributed by atoms with van der Waals surface area (Å²) in [6.45, 7) is 7.32. The van der Waals surface area contributed by atoms with Gasteiger partial charge in [0.2, 0.25) is 0 Å². The van der Waals surface area contributed by atoms with E-state index >= 15 is 0 Å². The van der Waals surface area contributed by atoms with Crippen molar-refractivity contribution >= 4 is 11.8 Å². The van der Waals surface area contributed by atoms with Crippen LogP contribution < -0.4 is 14.8 Å². The number of para-hydroxylation sites is 1. The minimum atomic E-state index is -0.131. The SMILES string of the molecule is CCc1ccccc1OCC(=O)NC1CCN(C(=O)COc2ccc(C)cc2C)CC1. The summed E-state index contributed by atoms with van der Waals surface area (Å²) < 4.78 is 11.4. The molecule has 1 aliphatic rings. The van der Waals surface area contributed by atoms with Gasteiger partial charge < -0.3 is 19.7 Å². The minimum absolute atomic E-state index is 0.000100. The lowest BCUT2D eigenvalue weighted by molar-refractivity contribution is -0.134. The molecule has 0 saturated carbocycles. The second kappa shape index (κ2) is 10.8. The summed E-state index contributed by atoms with van der Waals surface area (Å²) in [7, 11) is 0. The fraction of sp³-hybridized carbons (Fsp3) is 0.440. The van der Waals surface area contributed by atoms with Crippen molar-refractivity contribution in [2.24, 2.45) is 0 Å². The molecule has 166 valence electrons. The van der Waals surface area contributed by atoms with Crippen molar-refractivity contribution in [2.45, 2.75) is 46.1 Å². The first-order valence-corrected chi connectivity index (χ1v) is 10.9. The number of likely N-dealkylation sites (tertiary alicyclic amines) is 1. The molecule has 6 nitrogen and oxygen atoms in total. The largest absolute Gasteiger partial charge is 0.484 e. The van der Waals surface area contributed by atoms with Gasteiger partial charge in [-0.1, -0.05) is 42.8 Å². The zero-order valence-electron chi connectivity index (χ0n) is 18.6. The minimum Gasteiger partial charge on any atom is -0.484 e. The van der Waals surface area contributed by atoms with Crippen molar-refractivity contribution in [1.29, 1.82) is 0 Å². The monoisotopic (exact) mass is 424 g/mol. The molecule has 1 heterocycles. The number of ether oxygens (including phenoxy) is 2. The molecule has 0 unspecified atom stereocenters. The highest BCUT2D eigenvalue weighted by molar-refractivity contribution is 5.79. The fourth-order valence-corrected chi connectivity index (χ4v) is 3.81. The number of hydrogen-bond acceptors (Lipinski definition) is 4. The van der Waals surface area contributed by atoms with E-state index in [2.05, 4.69) is 12.2 Å². The third kappa shape index (κ3) is 6.48. The maximum Gasteiger partial charge on any atom is 0.260 e. The molecule has 6 heteroatoms. The van der Waals surface area contributed by atoms with Crippen LogP contribution in [0.2, 0.25) is 0 Å². The highest BCUT2D eigenvalue weighted by atomic mass is 16.5. The molecule has 2 amide bonds. The highest BCUT2D eigenvalue weighted by Gasteiger charge is 2.24. The maximum atomic E-state index is 12.5. The van der Waals surface area contributed by atoms with E-state index in [1.54, 1.807) is 4.90 Å². The van der Waals surface area contributed by atoms with Crippen LogP contribution in [0.25, 0.3) is 0 Å². The van der Waals surface area contributed by atoms with Crippen molar-refractivity contribution in [3.05, 3.63) is 59.2 Å². The van der Waals surface area contributed by atoms with Crippen LogP contribution in [0.5, 0.6) is 11.5 Å². The van der Waals surface area contributed by atoms with Crippen LogP contribution in [0, 0.1) is 13.8 Å². The summed E-state index contributed by atoms with van der Waals surface area (Å²) in [5, 5.41) is 3.02. The number of carbonyl (C=O) groups excluding carboxylic acids is 2. The molecule has 1 N–H and O–H groups in total. The van der Waals surface area contributed by atoms with Gasteiger partial charge in [-0.25, -0.2) is 0 Å². The second-order valence-electron chi connectivity index (χ2n) is 8.03. The summed E-state index contributed by atoms with van der Waals surface area (Å²) in [4.78, 5) is 26.6. The molecular formula is C25H32N2O4. The summed E-state index contributed by atoms with van der Waals surface area (Å²) in [5.74, 6) is 1.34. The van der Waals surface area contributed by atoms with Gasteiger partial charge in [-0.15, -0.1) is 0 Å². The third-order valence-corrected chi connectivity index (χ3v) is 5.61. The Morgan fingerprint density at radius 3 is 2.42 bits per heavy atom. The first-order chi connectivity index (χ1) is 15.0. The maximum absolute atomic E-state index is 12.5. The average molecular weight is 425 g/mol. The number of nitrogens with zero attached hydrogens (tertiary/aromatic N) is 1. The average Bonchev–Trinajstić information content (AvgIpc) is 2.77. The van der Waals surface area contributed by atoms with Gasteiger partial charge in [0.1, 0.15) is 11.5 Å². The zero-order valence-corrected chi connectivity index (χ0v) is 18.6. The van der Waals surface area contributed by atoms with Crippen LogP contribution in [-0.4, -0.2) is 49.1 Å². The van der Waals surface area contributed by atoms with Gasteiger partial charge in [0.15, 0.2) is 13.2 Å². The van der Waals surface area contributed by atoms with Crippen LogP contribution in [0.3, 0.4) is 0 Å². The van der Waals surface area contributed by atoms with Crippen molar-refractivity contribution in [3.63, 3.8) is 0 Å². The second-order valence-corrected chi connectivity index (χ2v) is 8.03. The number of rotatable bonds is 8. The first-order valence-electron chi connectivity index (χ1n) is 10.9. The molecule has 0 atom stereocenters. The Morgan fingerprint density at radius 2 is 1.71 bits per heavy atom. The van der Waals surface area contributed by atoms with Gasteiger partial charge in [0.25, 0.3) is 11.8 Å². The Kier molecular flexibility index (Phi) is 7.93. The summed E-state index contributed by atoms with van der Waals surface area (Å²) >= 11 is 0. The van der Waals surface area contributed by atoms with E-state index in [0.29, 0.717) is 13.1 Å². The predicted molar refractivity (Wildman–Crippen MR) is 120 cm³/mol. The van der Waals surface area contributed by atoms with Gasteiger partial charge in [-0.2, -0.15) is 0 Å². The highest BCUT2D eigenvalue weighted by Crippen LogP contribution is 2.20. The Labute approximate surface area is 184 Å². The van der Waals surface area contributed by atoms with E-state index in [-0.39, 0.29) is 31.1 Å². The quantitative estimate of drug-likeness (QED) is 0.705. The molecule has 1 saturated heterocycles. The Hall–Kier alpha value is -3.02. The van der Waals surface area contributed by atoms with E-state index in [1.165, 1.54) is 5.56 Å². The number of benzene rings is 2. The molecule has 3 rings (SSSR count). The van der Waals surface area contributed by atoms with Crippen molar-refractivity contribution in [3.8, 4) is 11.5 Å². The first kappa shape index (κ1) is 22.7. The van der Waals surface area contributed by atoms with Crippen molar-refractivity contribution in [2.75, 3.05) is 26.3 Å². The van der Waals surface area contributed by atoms with E-state index < -0.39 is 0 Å². The van der Waals surface area contributed by atoms with Crippen LogP contribution in [0.15, 0.2) is 42.5 Å². The van der Waals surface area contributed by atoms with E-state index in [9.17, 15) is 9.59 Å². The summed E-state index contributed by atoms with van der Waals surface area (Å²) in [6, 6.07) is 13.7. The lowest BCUT2D eigenvalue weighted by Gasteiger charge is -2.32. The van der Waals surface area contributed by atoms with E-state index in [4.69, 9.17) is 9.47 Å². The summed E-state index contributed by atoms with van der Waals surface area (Å²) in [5.41, 5.74) is 3.28. The standard InChI is InChI=1S/C25H32N2O4/c1-4-20-7-5-6-8-23(20)30-16-24(28)26-21-11-13-27(14-12-21)25(29)17-31-22-10-9-18(2)15-19(22)3/h5-10,15,21H,4,11-14,16-17H2,1-3H3,(H,26,28). The fourth-order valence-electron chi connectivity index (χ4n) is 3.81. The molecule has 0 bridgehead atoms. The zero-order chi connectivity index (χ0) is 22.2. The van der Waals surface area contributed by atoms with E-state index in [0.717, 1.165) is 41.9 Å². The molecule has 2 aromatic rings. The van der Waals surface area contributed by atoms with Crippen LogP contribution in [-0.2, 0) is 16.0 Å². The number of carbonyl (C=O) groups is 2. The van der Waals surface area contributed by atoms with Gasteiger partial charge >= 0.3 is 0 Å². The number of amides is 2. The molecule has 0 aromatic heterocycles. The van der Waals surface area contributed by atoms with Crippen LogP contribution in [0.1, 0.15) is 36.5 Å². The molecule has 31 heavy (non-hydrogen) atoms. The number of piperidine rings is 1. The predicted octanol–water partition coefficient (Wildman–Crippen LogP) is 3.43. The van der Waals surface area contributed by atoms with Gasteiger partial charge in [0, 0.05) is 19.1 Å². The Balaban J connectivity index is 1.38. The van der Waals surface area contributed by atoms with Crippen molar-refractivity contribution in [1.82, 2.24) is 10.2 Å². The Morgan fingerprint density at radius 1 is 1.00 bits per heavy atom. The molecular weight excluding hydrogens is 392 g/mol. The van der Waals surface area contributed by atoms with Gasteiger partial charge in [-0.05, 0) is 56.4 Å².